The Kier molecular flexibility index (Phi) is 7.83. The minimum absolute atomic E-state index is 0.485. The molecule has 1 atom stereocenters. The molecule has 152 valence electrons. The topological polar surface area (TPSA) is 74.5 Å². The van der Waals surface area contributed by atoms with E-state index in [4.69, 9.17) is 4.99 Å². The van der Waals surface area contributed by atoms with Gasteiger partial charge in [0.25, 0.3) is 0 Å². The number of nitrogens with one attached hydrogen (secondary N) is 2. The van der Waals surface area contributed by atoms with Crippen LogP contribution in [0.2, 0.25) is 0 Å². The maximum Gasteiger partial charge on any atom is 0.191 e. The number of nitrogens with zero attached hydrogens (tertiary/aromatic N) is 3. The van der Waals surface area contributed by atoms with Crippen molar-refractivity contribution in [3.63, 3.8) is 0 Å². The summed E-state index contributed by atoms with van der Waals surface area (Å²) in [4.78, 5) is 4.73. The van der Waals surface area contributed by atoms with E-state index in [0.29, 0.717) is 19.5 Å². The standard InChI is InChI=1S/C23H29N5O/c1-2-24-23(25-15-13-22(29)19-9-4-3-5-10-19)26-17-20-11-6-7-12-21(20)18-28-16-8-14-27-28/h3-12,14,16,22,29H,2,13,15,17-18H2,1H3,(H2,24,25,26). The van der Waals surface area contributed by atoms with Gasteiger partial charge < -0.3 is 15.7 Å². The van der Waals surface area contributed by atoms with Crippen LogP contribution in [0.1, 0.15) is 36.1 Å². The van der Waals surface area contributed by atoms with Gasteiger partial charge in [0.1, 0.15) is 0 Å². The highest BCUT2D eigenvalue weighted by atomic mass is 16.3. The molecule has 0 spiro atoms. The first-order valence-electron chi connectivity index (χ1n) is 10.1. The van der Waals surface area contributed by atoms with Crippen molar-refractivity contribution < 1.29 is 5.11 Å². The smallest absolute Gasteiger partial charge is 0.191 e. The van der Waals surface area contributed by atoms with E-state index in [1.54, 1.807) is 6.20 Å². The Balaban J connectivity index is 1.58. The second-order valence-electron chi connectivity index (χ2n) is 6.81. The zero-order chi connectivity index (χ0) is 20.3. The molecule has 1 aromatic heterocycles. The Morgan fingerprint density at radius 1 is 1.03 bits per heavy atom. The van der Waals surface area contributed by atoms with Crippen LogP contribution in [-0.2, 0) is 13.1 Å². The fourth-order valence-electron chi connectivity index (χ4n) is 3.11. The molecule has 3 aromatic rings. The lowest BCUT2D eigenvalue weighted by atomic mass is 10.1. The fourth-order valence-corrected chi connectivity index (χ4v) is 3.11. The molecule has 0 aliphatic carbocycles. The Morgan fingerprint density at radius 2 is 1.79 bits per heavy atom. The third kappa shape index (κ3) is 6.47. The van der Waals surface area contributed by atoms with Crippen molar-refractivity contribution in [2.75, 3.05) is 13.1 Å². The summed E-state index contributed by atoms with van der Waals surface area (Å²) in [5.41, 5.74) is 3.31. The Hall–Kier alpha value is -3.12. The largest absolute Gasteiger partial charge is 0.388 e. The Bertz CT molecular complexity index is 877. The number of aliphatic imine (C=N–C) groups is 1. The van der Waals surface area contributed by atoms with E-state index >= 15 is 0 Å². The number of aromatic nitrogens is 2. The van der Waals surface area contributed by atoms with Gasteiger partial charge in [-0.15, -0.1) is 0 Å². The average Bonchev–Trinajstić information content (AvgIpc) is 3.26. The summed E-state index contributed by atoms with van der Waals surface area (Å²) < 4.78 is 1.91. The average molecular weight is 392 g/mol. The van der Waals surface area contributed by atoms with Crippen LogP contribution in [0.25, 0.3) is 0 Å². The Labute approximate surface area is 172 Å². The van der Waals surface area contributed by atoms with Crippen LogP contribution in [0.5, 0.6) is 0 Å². The van der Waals surface area contributed by atoms with E-state index in [1.165, 1.54) is 11.1 Å². The van der Waals surface area contributed by atoms with Gasteiger partial charge in [-0.2, -0.15) is 5.10 Å². The van der Waals surface area contributed by atoms with Crippen molar-refractivity contribution in [2.45, 2.75) is 32.5 Å². The lowest BCUT2D eigenvalue weighted by Crippen LogP contribution is -2.38. The minimum Gasteiger partial charge on any atom is -0.388 e. The number of aliphatic hydroxyl groups is 1. The molecule has 0 saturated heterocycles. The number of rotatable bonds is 9. The first kappa shape index (κ1) is 20.6. The zero-order valence-corrected chi connectivity index (χ0v) is 16.8. The van der Waals surface area contributed by atoms with Gasteiger partial charge in [-0.05, 0) is 36.1 Å². The summed E-state index contributed by atoms with van der Waals surface area (Å²) in [7, 11) is 0. The van der Waals surface area contributed by atoms with Crippen LogP contribution in [0, 0.1) is 0 Å². The number of hydrogen-bond donors (Lipinski definition) is 3. The molecule has 1 unspecified atom stereocenters. The SMILES string of the molecule is CCNC(=NCc1ccccc1Cn1cccn1)NCCC(O)c1ccccc1. The van der Waals surface area contributed by atoms with E-state index in [9.17, 15) is 5.11 Å². The summed E-state index contributed by atoms with van der Waals surface area (Å²) in [5, 5.41) is 21.2. The summed E-state index contributed by atoms with van der Waals surface area (Å²) in [6, 6.07) is 20.0. The highest BCUT2D eigenvalue weighted by molar-refractivity contribution is 5.79. The molecule has 29 heavy (non-hydrogen) atoms. The van der Waals surface area contributed by atoms with Crippen LogP contribution in [-0.4, -0.2) is 33.9 Å². The van der Waals surface area contributed by atoms with Crippen molar-refractivity contribution >= 4 is 5.96 Å². The van der Waals surface area contributed by atoms with E-state index < -0.39 is 6.10 Å². The summed E-state index contributed by atoms with van der Waals surface area (Å²) in [6.45, 7) is 4.76. The third-order valence-corrected chi connectivity index (χ3v) is 4.66. The predicted molar refractivity (Wildman–Crippen MR) is 117 cm³/mol. The highest BCUT2D eigenvalue weighted by Gasteiger charge is 2.07. The van der Waals surface area contributed by atoms with Crippen molar-refractivity contribution in [1.29, 1.82) is 0 Å². The number of benzene rings is 2. The van der Waals surface area contributed by atoms with Gasteiger partial charge in [-0.1, -0.05) is 54.6 Å². The van der Waals surface area contributed by atoms with Crippen molar-refractivity contribution in [3.05, 3.63) is 89.7 Å². The first-order valence-corrected chi connectivity index (χ1v) is 10.1. The van der Waals surface area contributed by atoms with Crippen LogP contribution in [0.3, 0.4) is 0 Å². The summed E-state index contributed by atoms with van der Waals surface area (Å²) in [6.07, 6.45) is 3.88. The van der Waals surface area contributed by atoms with E-state index in [-0.39, 0.29) is 0 Å². The van der Waals surface area contributed by atoms with Crippen LogP contribution < -0.4 is 10.6 Å². The molecular formula is C23H29N5O. The molecule has 0 bridgehead atoms. The van der Waals surface area contributed by atoms with Gasteiger partial charge in [0.15, 0.2) is 5.96 Å². The first-order chi connectivity index (χ1) is 14.3. The lowest BCUT2D eigenvalue weighted by Gasteiger charge is -2.15. The molecule has 6 heteroatoms. The normalized spacial score (nSPS) is 12.6. The second kappa shape index (κ2) is 11.0. The molecule has 0 radical (unpaired) electrons. The van der Waals surface area contributed by atoms with Crippen LogP contribution >= 0.6 is 0 Å². The number of hydrogen-bond acceptors (Lipinski definition) is 3. The van der Waals surface area contributed by atoms with Gasteiger partial charge in [-0.25, -0.2) is 4.99 Å². The molecule has 1 heterocycles. The Morgan fingerprint density at radius 3 is 2.52 bits per heavy atom. The molecule has 3 N–H and O–H groups in total. The highest BCUT2D eigenvalue weighted by Crippen LogP contribution is 2.15. The van der Waals surface area contributed by atoms with E-state index in [1.807, 2.05) is 66.3 Å². The second-order valence-corrected chi connectivity index (χ2v) is 6.81. The minimum atomic E-state index is -0.485. The number of guanidine groups is 1. The molecule has 3 rings (SSSR count). The van der Waals surface area contributed by atoms with E-state index in [0.717, 1.165) is 24.6 Å². The van der Waals surface area contributed by atoms with Crippen LogP contribution in [0.4, 0.5) is 0 Å². The lowest BCUT2D eigenvalue weighted by molar-refractivity contribution is 0.168. The maximum atomic E-state index is 10.3. The third-order valence-electron chi connectivity index (χ3n) is 4.66. The monoisotopic (exact) mass is 391 g/mol. The van der Waals surface area contributed by atoms with Crippen molar-refractivity contribution in [3.8, 4) is 0 Å². The summed E-state index contributed by atoms with van der Waals surface area (Å²) in [5.74, 6) is 0.752. The van der Waals surface area contributed by atoms with Gasteiger partial charge >= 0.3 is 0 Å². The molecule has 2 aromatic carbocycles. The molecule has 0 aliphatic heterocycles. The van der Waals surface area contributed by atoms with Crippen LogP contribution in [0.15, 0.2) is 78.0 Å². The summed E-state index contributed by atoms with van der Waals surface area (Å²) >= 11 is 0. The van der Waals surface area contributed by atoms with Gasteiger partial charge in [0.2, 0.25) is 0 Å². The van der Waals surface area contributed by atoms with Gasteiger partial charge in [-0.3, -0.25) is 4.68 Å². The van der Waals surface area contributed by atoms with Crippen molar-refractivity contribution in [1.82, 2.24) is 20.4 Å². The molecule has 0 amide bonds. The fraction of sp³-hybridized carbons (Fsp3) is 0.304. The zero-order valence-electron chi connectivity index (χ0n) is 16.8. The van der Waals surface area contributed by atoms with Gasteiger partial charge in [0.05, 0.1) is 19.2 Å². The van der Waals surface area contributed by atoms with E-state index in [2.05, 4.69) is 27.9 Å². The molecule has 0 fully saturated rings. The van der Waals surface area contributed by atoms with Crippen molar-refractivity contribution in [2.24, 2.45) is 4.99 Å². The maximum absolute atomic E-state index is 10.3. The molecule has 0 saturated carbocycles. The quantitative estimate of drug-likeness (QED) is 0.387. The molecule has 0 aliphatic rings. The van der Waals surface area contributed by atoms with Gasteiger partial charge in [0, 0.05) is 25.5 Å². The number of aliphatic hydroxyl groups excluding tert-OH is 1. The molecular weight excluding hydrogens is 362 g/mol. The molecule has 6 nitrogen and oxygen atoms in total. The predicted octanol–water partition coefficient (Wildman–Crippen LogP) is 3.11.